The molecule has 0 saturated carbocycles. The van der Waals surface area contributed by atoms with E-state index < -0.39 is 24.2 Å². The minimum atomic E-state index is -5.09. The van der Waals surface area contributed by atoms with E-state index in [0.29, 0.717) is 43.2 Å². The number of alkyl halides is 3. The molecule has 0 radical (unpaired) electrons. The standard InChI is InChI=1S/C24H26F3N3O4/c25-24(26,27)23(32)17-21(28-30(23)22(31)15-18-5-2-1-3-6-18)19-7-4-8-20(16-19)34-14-11-29-9-12-33-13-10-29/h1-8,16,32H,9-15,17H2. The summed E-state index contributed by atoms with van der Waals surface area (Å²) in [5.74, 6) is -0.475. The minimum Gasteiger partial charge on any atom is -0.492 e. The summed E-state index contributed by atoms with van der Waals surface area (Å²) >= 11 is 0. The van der Waals surface area contributed by atoms with Gasteiger partial charge in [-0.25, -0.2) is 0 Å². The van der Waals surface area contributed by atoms with E-state index >= 15 is 0 Å². The van der Waals surface area contributed by atoms with Gasteiger partial charge in [0.1, 0.15) is 12.4 Å². The lowest BCUT2D eigenvalue weighted by atomic mass is 10.0. The fraction of sp³-hybridized carbons (Fsp3) is 0.417. The van der Waals surface area contributed by atoms with Crippen LogP contribution in [-0.4, -0.2) is 78.0 Å². The Morgan fingerprint density at radius 3 is 2.56 bits per heavy atom. The minimum absolute atomic E-state index is 0.0418. The van der Waals surface area contributed by atoms with Gasteiger partial charge in [0.15, 0.2) is 0 Å². The first kappa shape index (κ1) is 24.2. The Morgan fingerprint density at radius 1 is 1.12 bits per heavy atom. The smallest absolute Gasteiger partial charge is 0.438 e. The number of carbonyl (C=O) groups excluding carboxylic acids is 1. The number of halogens is 3. The molecule has 10 heteroatoms. The van der Waals surface area contributed by atoms with Crippen LogP contribution in [-0.2, 0) is 16.0 Å². The van der Waals surface area contributed by atoms with Crippen LogP contribution in [0, 0.1) is 0 Å². The quantitative estimate of drug-likeness (QED) is 0.664. The highest BCUT2D eigenvalue weighted by Crippen LogP contribution is 2.41. The topological polar surface area (TPSA) is 74.6 Å². The summed E-state index contributed by atoms with van der Waals surface area (Å²) in [5, 5.41) is 14.6. The molecule has 2 aromatic carbocycles. The lowest BCUT2D eigenvalue weighted by Crippen LogP contribution is -2.57. The molecule has 4 rings (SSSR count). The molecule has 0 aliphatic carbocycles. The first-order valence-electron chi connectivity index (χ1n) is 11.0. The van der Waals surface area contributed by atoms with Crippen molar-refractivity contribution >= 4 is 11.6 Å². The van der Waals surface area contributed by atoms with Gasteiger partial charge in [0, 0.05) is 25.2 Å². The van der Waals surface area contributed by atoms with Crippen molar-refractivity contribution in [1.82, 2.24) is 9.91 Å². The van der Waals surface area contributed by atoms with E-state index in [4.69, 9.17) is 9.47 Å². The summed E-state index contributed by atoms with van der Waals surface area (Å²) in [6.07, 6.45) is -6.27. The Morgan fingerprint density at radius 2 is 1.85 bits per heavy atom. The molecule has 2 heterocycles. The van der Waals surface area contributed by atoms with Gasteiger partial charge in [-0.05, 0) is 17.7 Å². The Kier molecular flexibility index (Phi) is 7.20. The van der Waals surface area contributed by atoms with Crippen LogP contribution in [0.4, 0.5) is 13.2 Å². The summed E-state index contributed by atoms with van der Waals surface area (Å²) < 4.78 is 52.6. The molecule has 2 aliphatic rings. The average Bonchev–Trinajstić information content (AvgIpc) is 3.20. The molecule has 1 fully saturated rings. The zero-order valence-electron chi connectivity index (χ0n) is 18.5. The number of ether oxygens (including phenoxy) is 2. The van der Waals surface area contributed by atoms with E-state index in [1.54, 1.807) is 54.6 Å². The predicted octanol–water partition coefficient (Wildman–Crippen LogP) is 2.83. The number of hydrazone groups is 1. The van der Waals surface area contributed by atoms with Gasteiger partial charge in [-0.1, -0.05) is 42.5 Å². The van der Waals surface area contributed by atoms with E-state index in [-0.39, 0.29) is 17.1 Å². The summed E-state index contributed by atoms with van der Waals surface area (Å²) in [4.78, 5) is 14.9. The van der Waals surface area contributed by atoms with Crippen molar-refractivity contribution in [1.29, 1.82) is 0 Å². The molecule has 1 amide bonds. The number of hydrogen-bond acceptors (Lipinski definition) is 6. The molecule has 2 aliphatic heterocycles. The molecule has 182 valence electrons. The van der Waals surface area contributed by atoms with Crippen molar-refractivity contribution in [3.05, 3.63) is 65.7 Å². The van der Waals surface area contributed by atoms with Crippen LogP contribution >= 0.6 is 0 Å². The fourth-order valence-electron chi connectivity index (χ4n) is 3.92. The van der Waals surface area contributed by atoms with Crippen molar-refractivity contribution in [2.75, 3.05) is 39.5 Å². The molecule has 1 saturated heterocycles. The summed E-state index contributed by atoms with van der Waals surface area (Å²) in [5.41, 5.74) is -2.58. The maximum absolute atomic E-state index is 13.9. The Hall–Kier alpha value is -2.95. The van der Waals surface area contributed by atoms with Crippen LogP contribution in [0.15, 0.2) is 59.7 Å². The second-order valence-electron chi connectivity index (χ2n) is 8.24. The normalized spacial score (nSPS) is 21.4. The van der Waals surface area contributed by atoms with Crippen LogP contribution in [0.1, 0.15) is 17.5 Å². The highest BCUT2D eigenvalue weighted by Gasteiger charge is 2.63. The fourth-order valence-corrected chi connectivity index (χ4v) is 3.92. The van der Waals surface area contributed by atoms with Gasteiger partial charge in [-0.2, -0.15) is 23.3 Å². The zero-order valence-corrected chi connectivity index (χ0v) is 18.5. The van der Waals surface area contributed by atoms with Crippen molar-refractivity contribution in [2.24, 2.45) is 5.10 Å². The Balaban J connectivity index is 1.49. The highest BCUT2D eigenvalue weighted by molar-refractivity contribution is 6.04. The number of aliphatic hydroxyl groups is 1. The van der Waals surface area contributed by atoms with E-state index in [1.165, 1.54) is 0 Å². The van der Waals surface area contributed by atoms with Crippen LogP contribution in [0.5, 0.6) is 5.75 Å². The molecule has 7 nitrogen and oxygen atoms in total. The maximum atomic E-state index is 13.9. The van der Waals surface area contributed by atoms with Gasteiger partial charge in [0.2, 0.25) is 5.91 Å². The van der Waals surface area contributed by atoms with E-state index in [2.05, 4.69) is 10.0 Å². The molecule has 1 atom stereocenters. The monoisotopic (exact) mass is 477 g/mol. The number of benzene rings is 2. The average molecular weight is 477 g/mol. The first-order valence-corrected chi connectivity index (χ1v) is 11.0. The first-order chi connectivity index (χ1) is 16.3. The molecular weight excluding hydrogens is 451 g/mol. The van der Waals surface area contributed by atoms with Gasteiger partial charge in [0.25, 0.3) is 5.72 Å². The molecule has 34 heavy (non-hydrogen) atoms. The SMILES string of the molecule is O=C(Cc1ccccc1)N1N=C(c2cccc(OCCN3CCOCC3)c2)CC1(O)C(F)(F)F. The van der Waals surface area contributed by atoms with Crippen LogP contribution in [0.2, 0.25) is 0 Å². The lowest BCUT2D eigenvalue weighted by Gasteiger charge is -2.32. The third kappa shape index (κ3) is 5.40. The van der Waals surface area contributed by atoms with Crippen molar-refractivity contribution in [2.45, 2.75) is 24.7 Å². The van der Waals surface area contributed by atoms with Crippen molar-refractivity contribution in [3.63, 3.8) is 0 Å². The highest BCUT2D eigenvalue weighted by atomic mass is 19.4. The number of amides is 1. The van der Waals surface area contributed by atoms with Gasteiger partial charge >= 0.3 is 6.18 Å². The van der Waals surface area contributed by atoms with E-state index in [0.717, 1.165) is 13.1 Å². The summed E-state index contributed by atoms with van der Waals surface area (Å²) in [7, 11) is 0. The predicted molar refractivity (Wildman–Crippen MR) is 118 cm³/mol. The van der Waals surface area contributed by atoms with Gasteiger partial charge in [-0.15, -0.1) is 0 Å². The molecule has 0 aromatic heterocycles. The number of hydrogen-bond donors (Lipinski definition) is 1. The summed E-state index contributed by atoms with van der Waals surface area (Å²) in [6, 6.07) is 14.9. The third-order valence-electron chi connectivity index (χ3n) is 5.82. The Labute approximate surface area is 195 Å². The molecule has 2 aromatic rings. The second kappa shape index (κ2) is 10.1. The van der Waals surface area contributed by atoms with E-state index in [9.17, 15) is 23.1 Å². The maximum Gasteiger partial charge on any atom is 0.438 e. The lowest BCUT2D eigenvalue weighted by molar-refractivity contribution is -0.302. The molecule has 1 N–H and O–H groups in total. The van der Waals surface area contributed by atoms with E-state index in [1.807, 2.05) is 0 Å². The Bertz CT molecular complexity index is 1030. The molecule has 0 bridgehead atoms. The van der Waals surface area contributed by atoms with Crippen molar-refractivity contribution < 1.29 is 32.5 Å². The van der Waals surface area contributed by atoms with Gasteiger partial charge < -0.3 is 14.6 Å². The van der Waals surface area contributed by atoms with Gasteiger partial charge in [-0.3, -0.25) is 9.69 Å². The number of morpholine rings is 1. The number of nitrogens with zero attached hydrogens (tertiary/aromatic N) is 3. The van der Waals surface area contributed by atoms with Crippen LogP contribution in [0.25, 0.3) is 0 Å². The van der Waals surface area contributed by atoms with Gasteiger partial charge in [0.05, 0.1) is 31.8 Å². The van der Waals surface area contributed by atoms with Crippen LogP contribution < -0.4 is 4.74 Å². The second-order valence-corrected chi connectivity index (χ2v) is 8.24. The van der Waals surface area contributed by atoms with Crippen molar-refractivity contribution in [3.8, 4) is 5.75 Å². The largest absolute Gasteiger partial charge is 0.492 e. The zero-order chi connectivity index (χ0) is 24.2. The summed E-state index contributed by atoms with van der Waals surface area (Å²) in [6.45, 7) is 4.11. The molecule has 1 unspecified atom stereocenters. The molecular formula is C24H26F3N3O4. The molecule has 0 spiro atoms. The third-order valence-corrected chi connectivity index (χ3v) is 5.82. The number of rotatable bonds is 7. The number of carbonyl (C=O) groups is 1. The van der Waals surface area contributed by atoms with Crippen LogP contribution in [0.3, 0.4) is 0 Å².